The fraction of sp³-hybridized carbons (Fsp3) is 0.667. The van der Waals surface area contributed by atoms with Crippen LogP contribution in [0.3, 0.4) is 0 Å². The molecule has 4 heteroatoms. The standard InChI is InChI=1S/C18H28O4/c1-2-16-14(11-13-17(16)20)10-12-15(19)8-6-4-3-5-7-9-18(21)22/h10,12,15,19H,2-9,11,13H2,1H3,(H,21,22)/b12-10+. The Hall–Kier alpha value is -1.42. The van der Waals surface area contributed by atoms with Gasteiger partial charge in [-0.2, -0.15) is 0 Å². The summed E-state index contributed by atoms with van der Waals surface area (Å²) in [6.07, 6.45) is 11.1. The number of carboxylic acids is 1. The number of allylic oxidation sites excluding steroid dienone is 3. The Morgan fingerprint density at radius 3 is 2.55 bits per heavy atom. The van der Waals surface area contributed by atoms with Crippen molar-refractivity contribution in [1.29, 1.82) is 0 Å². The highest BCUT2D eigenvalue weighted by atomic mass is 16.4. The number of hydrogen-bond acceptors (Lipinski definition) is 3. The molecule has 0 amide bonds. The smallest absolute Gasteiger partial charge is 0.303 e. The summed E-state index contributed by atoms with van der Waals surface area (Å²) in [7, 11) is 0. The van der Waals surface area contributed by atoms with E-state index in [1.165, 1.54) is 0 Å². The van der Waals surface area contributed by atoms with Gasteiger partial charge in [0, 0.05) is 12.8 Å². The quantitative estimate of drug-likeness (QED) is 0.569. The molecule has 22 heavy (non-hydrogen) atoms. The average molecular weight is 308 g/mol. The van der Waals surface area contributed by atoms with Gasteiger partial charge >= 0.3 is 5.97 Å². The van der Waals surface area contributed by atoms with Crippen molar-refractivity contribution in [3.63, 3.8) is 0 Å². The van der Waals surface area contributed by atoms with E-state index in [9.17, 15) is 14.7 Å². The van der Waals surface area contributed by atoms with Crippen LogP contribution in [0.5, 0.6) is 0 Å². The van der Waals surface area contributed by atoms with Gasteiger partial charge in [-0.25, -0.2) is 0 Å². The maximum Gasteiger partial charge on any atom is 0.303 e. The van der Waals surface area contributed by atoms with Crippen molar-refractivity contribution in [1.82, 2.24) is 0 Å². The third-order valence-electron chi connectivity index (χ3n) is 4.11. The normalized spacial score (nSPS) is 16.7. The molecule has 0 aromatic carbocycles. The molecule has 0 aliphatic heterocycles. The van der Waals surface area contributed by atoms with Crippen molar-refractivity contribution in [2.45, 2.75) is 77.2 Å². The molecule has 0 fully saturated rings. The van der Waals surface area contributed by atoms with E-state index in [1.807, 2.05) is 13.0 Å². The Kier molecular flexibility index (Phi) is 8.75. The Balaban J connectivity index is 2.17. The van der Waals surface area contributed by atoms with Crippen molar-refractivity contribution in [2.75, 3.05) is 0 Å². The highest BCUT2D eigenvalue weighted by Gasteiger charge is 2.19. The largest absolute Gasteiger partial charge is 0.481 e. The van der Waals surface area contributed by atoms with Gasteiger partial charge < -0.3 is 10.2 Å². The maximum absolute atomic E-state index is 11.6. The van der Waals surface area contributed by atoms with Crippen LogP contribution in [0.15, 0.2) is 23.3 Å². The number of ketones is 1. The second-order valence-electron chi connectivity index (χ2n) is 5.91. The second kappa shape index (κ2) is 10.3. The number of carboxylic acid groups (broad SMARTS) is 1. The molecular weight excluding hydrogens is 280 g/mol. The van der Waals surface area contributed by atoms with Gasteiger partial charge in [-0.05, 0) is 36.8 Å². The Labute approximate surface area is 132 Å². The van der Waals surface area contributed by atoms with E-state index in [0.717, 1.165) is 62.5 Å². The number of aliphatic hydroxyl groups is 1. The van der Waals surface area contributed by atoms with Crippen LogP contribution in [0.1, 0.15) is 71.1 Å². The highest BCUT2D eigenvalue weighted by Crippen LogP contribution is 2.26. The number of unbranched alkanes of at least 4 members (excludes halogenated alkanes) is 4. The van der Waals surface area contributed by atoms with Crippen LogP contribution >= 0.6 is 0 Å². The van der Waals surface area contributed by atoms with E-state index in [1.54, 1.807) is 6.08 Å². The zero-order valence-electron chi connectivity index (χ0n) is 13.5. The first kappa shape index (κ1) is 18.6. The minimum Gasteiger partial charge on any atom is -0.481 e. The molecule has 1 unspecified atom stereocenters. The van der Waals surface area contributed by atoms with Gasteiger partial charge in [-0.15, -0.1) is 0 Å². The van der Waals surface area contributed by atoms with Crippen LogP contribution in [-0.4, -0.2) is 28.1 Å². The van der Waals surface area contributed by atoms with Crippen molar-refractivity contribution >= 4 is 11.8 Å². The second-order valence-corrected chi connectivity index (χ2v) is 5.91. The molecule has 1 rings (SSSR count). The molecule has 0 heterocycles. The molecule has 124 valence electrons. The van der Waals surface area contributed by atoms with E-state index in [4.69, 9.17) is 5.11 Å². The van der Waals surface area contributed by atoms with Crippen molar-refractivity contribution in [3.05, 3.63) is 23.3 Å². The zero-order chi connectivity index (χ0) is 16.4. The van der Waals surface area contributed by atoms with Gasteiger partial charge in [0.15, 0.2) is 5.78 Å². The number of aliphatic carboxylic acids is 1. The molecule has 0 aromatic rings. The molecule has 1 atom stereocenters. The molecule has 4 nitrogen and oxygen atoms in total. The Morgan fingerprint density at radius 2 is 1.86 bits per heavy atom. The summed E-state index contributed by atoms with van der Waals surface area (Å²) in [5, 5.41) is 18.5. The SMILES string of the molecule is CCC1=C(/C=C/C(O)CCCCCCCC(=O)O)CCC1=O. The predicted octanol–water partition coefficient (Wildman–Crippen LogP) is 3.79. The lowest BCUT2D eigenvalue weighted by atomic mass is 10.0. The van der Waals surface area contributed by atoms with E-state index in [-0.39, 0.29) is 12.2 Å². The summed E-state index contributed by atoms with van der Waals surface area (Å²) in [6.45, 7) is 1.99. The summed E-state index contributed by atoms with van der Waals surface area (Å²) in [6, 6.07) is 0. The summed E-state index contributed by atoms with van der Waals surface area (Å²) < 4.78 is 0. The molecule has 0 spiro atoms. The van der Waals surface area contributed by atoms with Gasteiger partial charge in [-0.3, -0.25) is 9.59 Å². The fourth-order valence-electron chi connectivity index (χ4n) is 2.82. The number of carbonyl (C=O) groups is 2. The first-order chi connectivity index (χ1) is 10.5. The molecule has 0 bridgehead atoms. The minimum atomic E-state index is -0.730. The molecule has 1 aliphatic carbocycles. The third-order valence-corrected chi connectivity index (χ3v) is 4.11. The number of aliphatic hydroxyl groups excluding tert-OH is 1. The van der Waals surface area contributed by atoms with Crippen LogP contribution in [0.2, 0.25) is 0 Å². The molecule has 2 N–H and O–H groups in total. The Bertz CT molecular complexity index is 434. The summed E-state index contributed by atoms with van der Waals surface area (Å²) >= 11 is 0. The molecule has 0 aromatic heterocycles. The first-order valence-corrected chi connectivity index (χ1v) is 8.37. The molecule has 1 aliphatic rings. The van der Waals surface area contributed by atoms with Gasteiger partial charge in [0.25, 0.3) is 0 Å². The van der Waals surface area contributed by atoms with Gasteiger partial charge in [0.1, 0.15) is 0 Å². The van der Waals surface area contributed by atoms with E-state index in [0.29, 0.717) is 6.42 Å². The molecule has 0 saturated carbocycles. The van der Waals surface area contributed by atoms with Gasteiger partial charge in [-0.1, -0.05) is 44.8 Å². The number of hydrogen-bond donors (Lipinski definition) is 2. The van der Waals surface area contributed by atoms with E-state index >= 15 is 0 Å². The van der Waals surface area contributed by atoms with E-state index in [2.05, 4.69) is 0 Å². The lowest BCUT2D eigenvalue weighted by Gasteiger charge is -2.06. The van der Waals surface area contributed by atoms with Crippen molar-refractivity contribution < 1.29 is 19.8 Å². The first-order valence-electron chi connectivity index (χ1n) is 8.37. The van der Waals surface area contributed by atoms with Gasteiger partial charge in [0.05, 0.1) is 6.10 Å². The van der Waals surface area contributed by atoms with Crippen LogP contribution in [0, 0.1) is 0 Å². The maximum atomic E-state index is 11.6. The van der Waals surface area contributed by atoms with Crippen molar-refractivity contribution in [3.8, 4) is 0 Å². The fourth-order valence-corrected chi connectivity index (χ4v) is 2.82. The van der Waals surface area contributed by atoms with Crippen LogP contribution < -0.4 is 0 Å². The molecular formula is C18H28O4. The van der Waals surface area contributed by atoms with E-state index < -0.39 is 12.1 Å². The minimum absolute atomic E-state index is 0.248. The third kappa shape index (κ3) is 7.03. The highest BCUT2D eigenvalue weighted by molar-refractivity contribution is 5.99. The summed E-state index contributed by atoms with van der Waals surface area (Å²) in [4.78, 5) is 22.0. The monoisotopic (exact) mass is 308 g/mol. The predicted molar refractivity (Wildman–Crippen MR) is 86.7 cm³/mol. The Morgan fingerprint density at radius 1 is 1.18 bits per heavy atom. The van der Waals surface area contributed by atoms with Crippen LogP contribution in [0.25, 0.3) is 0 Å². The summed E-state index contributed by atoms with van der Waals surface area (Å²) in [5.41, 5.74) is 2.00. The topological polar surface area (TPSA) is 74.6 Å². The molecule has 0 radical (unpaired) electrons. The van der Waals surface area contributed by atoms with Crippen LogP contribution in [-0.2, 0) is 9.59 Å². The van der Waals surface area contributed by atoms with Crippen molar-refractivity contribution in [2.24, 2.45) is 0 Å². The number of Topliss-reactive ketones (excluding diaryl/α,β-unsaturated/α-hetero) is 1. The lowest BCUT2D eigenvalue weighted by Crippen LogP contribution is -2.02. The average Bonchev–Trinajstić information content (AvgIpc) is 2.83. The number of carbonyl (C=O) groups excluding carboxylic acids is 1. The lowest BCUT2D eigenvalue weighted by molar-refractivity contribution is -0.137. The van der Waals surface area contributed by atoms with Crippen LogP contribution in [0.4, 0.5) is 0 Å². The van der Waals surface area contributed by atoms with Gasteiger partial charge in [0.2, 0.25) is 0 Å². The summed E-state index contributed by atoms with van der Waals surface area (Å²) in [5.74, 6) is -0.482. The molecule has 0 saturated heterocycles. The zero-order valence-corrected chi connectivity index (χ0v) is 13.5. The number of rotatable bonds is 11.